The first kappa shape index (κ1) is 12.7. The molecule has 7 heteroatoms. The van der Waals surface area contributed by atoms with Crippen LogP contribution in [0.4, 0.5) is 21.8 Å². The molecule has 0 atom stereocenters. The molecule has 19 heavy (non-hydrogen) atoms. The Morgan fingerprint density at radius 3 is 2.53 bits per heavy atom. The van der Waals surface area contributed by atoms with Crippen molar-refractivity contribution < 1.29 is 9.40 Å². The molecular formula is C12H11FN4O2. The van der Waals surface area contributed by atoms with Crippen LogP contribution in [0.5, 0.6) is 0 Å². The lowest BCUT2D eigenvalue weighted by atomic mass is 10.2. The Morgan fingerprint density at radius 1 is 1.26 bits per heavy atom. The fraction of sp³-hybridized carbons (Fsp3) is 0.0833. The third-order valence-electron chi connectivity index (χ3n) is 2.50. The Bertz CT molecular complexity index is 592. The average Bonchev–Trinajstić information content (AvgIpc) is 2.39. The van der Waals surface area contributed by atoms with Crippen LogP contribution in [-0.2, 0) is 6.54 Å². The highest BCUT2D eigenvalue weighted by molar-refractivity contribution is 5.57. The molecule has 6 nitrogen and oxygen atoms in total. The lowest BCUT2D eigenvalue weighted by molar-refractivity contribution is -0.384. The Labute approximate surface area is 108 Å². The number of benzene rings is 1. The van der Waals surface area contributed by atoms with Gasteiger partial charge in [0.1, 0.15) is 0 Å². The maximum Gasteiger partial charge on any atom is 0.311 e. The van der Waals surface area contributed by atoms with Gasteiger partial charge in [-0.1, -0.05) is 34.8 Å². The standard InChI is InChI=1S/C12H11FN4O2/c13-16(8-9-4-2-1-3-5-9)11-7-6-10(17(18)19)12(14)15-11/h1-7H,8H2,(H2,14,15). The van der Waals surface area contributed by atoms with Crippen molar-refractivity contribution in [3.8, 4) is 0 Å². The minimum absolute atomic E-state index is 0.00884. The summed E-state index contributed by atoms with van der Waals surface area (Å²) in [7, 11) is 0. The lowest BCUT2D eigenvalue weighted by Gasteiger charge is -2.13. The van der Waals surface area contributed by atoms with Crippen LogP contribution >= 0.6 is 0 Å². The van der Waals surface area contributed by atoms with Crippen LogP contribution in [0.25, 0.3) is 0 Å². The molecule has 1 aromatic carbocycles. The topological polar surface area (TPSA) is 85.3 Å². The third kappa shape index (κ3) is 2.95. The zero-order valence-corrected chi connectivity index (χ0v) is 9.86. The molecule has 0 aliphatic heterocycles. The fourth-order valence-corrected chi connectivity index (χ4v) is 1.57. The van der Waals surface area contributed by atoms with Crippen molar-refractivity contribution in [2.75, 3.05) is 10.9 Å². The molecule has 0 radical (unpaired) electrons. The van der Waals surface area contributed by atoms with Crippen molar-refractivity contribution in [2.45, 2.75) is 6.54 Å². The highest BCUT2D eigenvalue weighted by Gasteiger charge is 2.16. The van der Waals surface area contributed by atoms with E-state index in [1.54, 1.807) is 24.3 Å². The first-order valence-corrected chi connectivity index (χ1v) is 5.46. The van der Waals surface area contributed by atoms with Gasteiger partial charge >= 0.3 is 5.69 Å². The second kappa shape index (κ2) is 5.30. The van der Waals surface area contributed by atoms with Crippen LogP contribution in [0, 0.1) is 10.1 Å². The van der Waals surface area contributed by atoms with Crippen LogP contribution < -0.4 is 10.9 Å². The first-order chi connectivity index (χ1) is 9.08. The minimum atomic E-state index is -0.661. The minimum Gasteiger partial charge on any atom is -0.378 e. The average molecular weight is 262 g/mol. The zero-order valence-electron chi connectivity index (χ0n) is 9.86. The van der Waals surface area contributed by atoms with Crippen LogP contribution in [0.1, 0.15) is 5.56 Å². The number of hydrogen-bond donors (Lipinski definition) is 1. The number of nitrogen functional groups attached to an aromatic ring is 1. The van der Waals surface area contributed by atoms with E-state index in [1.807, 2.05) is 6.07 Å². The van der Waals surface area contributed by atoms with E-state index in [1.165, 1.54) is 6.07 Å². The summed E-state index contributed by atoms with van der Waals surface area (Å²) in [4.78, 5) is 13.6. The summed E-state index contributed by atoms with van der Waals surface area (Å²) in [6, 6.07) is 11.3. The van der Waals surface area contributed by atoms with Gasteiger partial charge in [-0.05, 0) is 11.6 Å². The summed E-state index contributed by atoms with van der Waals surface area (Å²) in [5.41, 5.74) is 5.82. The number of hydrogen-bond acceptors (Lipinski definition) is 5. The number of aromatic nitrogens is 1. The van der Waals surface area contributed by atoms with Gasteiger partial charge in [0, 0.05) is 6.07 Å². The van der Waals surface area contributed by atoms with Crippen LogP contribution in [0.3, 0.4) is 0 Å². The molecule has 0 spiro atoms. The third-order valence-corrected chi connectivity index (χ3v) is 2.50. The number of pyridine rings is 1. The van der Waals surface area contributed by atoms with Crippen molar-refractivity contribution in [3.63, 3.8) is 0 Å². The van der Waals surface area contributed by atoms with Crippen LogP contribution in [0.15, 0.2) is 42.5 Å². The number of anilines is 2. The van der Waals surface area contributed by atoms with E-state index >= 15 is 0 Å². The van der Waals surface area contributed by atoms with Gasteiger partial charge in [-0.2, -0.15) is 5.12 Å². The molecule has 0 unspecified atom stereocenters. The van der Waals surface area contributed by atoms with Gasteiger partial charge in [0.25, 0.3) is 0 Å². The quantitative estimate of drug-likeness (QED) is 0.519. The molecule has 98 valence electrons. The largest absolute Gasteiger partial charge is 0.378 e. The predicted molar refractivity (Wildman–Crippen MR) is 69.0 cm³/mol. The van der Waals surface area contributed by atoms with Gasteiger partial charge in [-0.25, -0.2) is 4.98 Å². The molecule has 1 heterocycles. The zero-order chi connectivity index (χ0) is 13.8. The highest BCUT2D eigenvalue weighted by atomic mass is 19.2. The Balaban J connectivity index is 2.18. The summed E-state index contributed by atoms with van der Waals surface area (Å²) in [6.07, 6.45) is 0. The van der Waals surface area contributed by atoms with Crippen molar-refractivity contribution in [1.82, 2.24) is 4.98 Å². The van der Waals surface area contributed by atoms with Crippen LogP contribution in [0.2, 0.25) is 0 Å². The Hall–Kier alpha value is -2.70. The summed E-state index contributed by atoms with van der Waals surface area (Å²) in [5, 5.41) is 11.0. The number of nitro groups is 1. The van der Waals surface area contributed by atoms with Crippen molar-refractivity contribution in [1.29, 1.82) is 0 Å². The molecule has 0 bridgehead atoms. The van der Waals surface area contributed by atoms with E-state index in [-0.39, 0.29) is 23.9 Å². The molecule has 0 saturated carbocycles. The van der Waals surface area contributed by atoms with Gasteiger partial charge in [0.05, 0.1) is 11.5 Å². The summed E-state index contributed by atoms with van der Waals surface area (Å²) in [6.45, 7) is -0.00884. The summed E-state index contributed by atoms with van der Waals surface area (Å²) >= 11 is 0. The first-order valence-electron chi connectivity index (χ1n) is 5.46. The predicted octanol–water partition coefficient (Wildman–Crippen LogP) is 2.46. The van der Waals surface area contributed by atoms with Crippen molar-refractivity contribution >= 4 is 17.3 Å². The van der Waals surface area contributed by atoms with Crippen molar-refractivity contribution in [3.05, 3.63) is 58.1 Å². The van der Waals surface area contributed by atoms with Gasteiger partial charge < -0.3 is 5.73 Å². The van der Waals surface area contributed by atoms with E-state index < -0.39 is 4.92 Å². The Morgan fingerprint density at radius 2 is 1.95 bits per heavy atom. The normalized spacial score (nSPS) is 10.2. The van der Waals surface area contributed by atoms with E-state index in [2.05, 4.69) is 4.98 Å². The lowest BCUT2D eigenvalue weighted by Crippen LogP contribution is -2.13. The van der Waals surface area contributed by atoms with E-state index in [0.717, 1.165) is 11.6 Å². The number of rotatable bonds is 4. The maximum absolute atomic E-state index is 13.9. The molecule has 2 N–H and O–H groups in total. The molecule has 2 aromatic rings. The summed E-state index contributed by atoms with van der Waals surface area (Å²) in [5.74, 6) is -0.370. The van der Waals surface area contributed by atoms with E-state index in [4.69, 9.17) is 5.73 Å². The number of nitrogens with zero attached hydrogens (tertiary/aromatic N) is 3. The molecule has 0 fully saturated rings. The molecule has 0 amide bonds. The molecule has 0 aliphatic carbocycles. The molecule has 1 aromatic heterocycles. The van der Waals surface area contributed by atoms with Gasteiger partial charge in [0.2, 0.25) is 5.82 Å². The summed E-state index contributed by atoms with van der Waals surface area (Å²) < 4.78 is 13.9. The maximum atomic E-state index is 13.9. The molecular weight excluding hydrogens is 251 g/mol. The van der Waals surface area contributed by atoms with Gasteiger partial charge in [-0.15, -0.1) is 0 Å². The number of halogens is 1. The highest BCUT2D eigenvalue weighted by Crippen LogP contribution is 2.24. The van der Waals surface area contributed by atoms with E-state index in [0.29, 0.717) is 5.12 Å². The molecule has 0 saturated heterocycles. The molecule has 0 aliphatic rings. The second-order valence-electron chi connectivity index (χ2n) is 3.84. The smallest absolute Gasteiger partial charge is 0.311 e. The van der Waals surface area contributed by atoms with E-state index in [9.17, 15) is 14.6 Å². The SMILES string of the molecule is Nc1nc(N(F)Cc2ccccc2)ccc1[N+](=O)[O-]. The number of nitrogens with two attached hydrogens (primary N) is 1. The fourth-order valence-electron chi connectivity index (χ4n) is 1.57. The van der Waals surface area contributed by atoms with Gasteiger partial charge in [-0.3, -0.25) is 10.1 Å². The second-order valence-corrected chi connectivity index (χ2v) is 3.84. The van der Waals surface area contributed by atoms with Crippen LogP contribution in [-0.4, -0.2) is 9.91 Å². The monoisotopic (exact) mass is 262 g/mol. The van der Waals surface area contributed by atoms with Gasteiger partial charge in [0.15, 0.2) is 5.82 Å². The Kier molecular flexibility index (Phi) is 3.56. The molecule has 2 rings (SSSR count). The van der Waals surface area contributed by atoms with Crippen molar-refractivity contribution in [2.24, 2.45) is 0 Å².